The summed E-state index contributed by atoms with van der Waals surface area (Å²) in [5.74, 6) is -3.15. The third-order valence-electron chi connectivity index (χ3n) is 4.93. The van der Waals surface area contributed by atoms with E-state index in [1.54, 1.807) is 18.3 Å². The predicted octanol–water partition coefficient (Wildman–Crippen LogP) is 2.69. The van der Waals surface area contributed by atoms with Crippen molar-refractivity contribution in [3.63, 3.8) is 0 Å². The Kier molecular flexibility index (Phi) is 4.76. The zero-order chi connectivity index (χ0) is 18.8. The summed E-state index contributed by atoms with van der Waals surface area (Å²) in [6.07, 6.45) is 4.07. The number of nitrogens with one attached hydrogen (secondary N) is 2. The molecule has 2 N–H and O–H groups in total. The van der Waals surface area contributed by atoms with E-state index in [0.29, 0.717) is 23.3 Å². The summed E-state index contributed by atoms with van der Waals surface area (Å²) in [5, 5.41) is 12.4. The Hall–Kier alpha value is -2.76. The van der Waals surface area contributed by atoms with Gasteiger partial charge in [-0.3, -0.25) is 4.79 Å². The van der Waals surface area contributed by atoms with Crippen LogP contribution in [-0.4, -0.2) is 50.3 Å². The van der Waals surface area contributed by atoms with Gasteiger partial charge in [-0.05, 0) is 12.5 Å². The predicted molar refractivity (Wildman–Crippen MR) is 91.5 cm³/mol. The maximum Gasteiger partial charge on any atom is 0.289 e. The van der Waals surface area contributed by atoms with Crippen LogP contribution in [0.4, 0.5) is 14.6 Å². The number of nitrogens with zero attached hydrogens (tertiary/aromatic N) is 4. The molecule has 138 valence electrons. The molecule has 3 heterocycles. The summed E-state index contributed by atoms with van der Waals surface area (Å²) in [6, 6.07) is 3.51. The smallest absolute Gasteiger partial charge is 0.289 e. The minimum atomic E-state index is -3.02. The van der Waals surface area contributed by atoms with E-state index in [1.807, 2.05) is 6.92 Å². The van der Waals surface area contributed by atoms with Crippen molar-refractivity contribution in [1.29, 1.82) is 5.26 Å². The average molecular weight is 362 g/mol. The highest BCUT2D eigenvalue weighted by molar-refractivity contribution is 5.87. The number of halogens is 2. The second kappa shape index (κ2) is 6.86. The van der Waals surface area contributed by atoms with Crippen molar-refractivity contribution in [2.75, 3.05) is 18.4 Å². The fourth-order valence-corrected chi connectivity index (χ4v) is 3.44. The largest absolute Gasteiger partial charge is 0.367 e. The maximum atomic E-state index is 14.6. The van der Waals surface area contributed by atoms with Crippen LogP contribution in [0, 0.1) is 11.3 Å². The first kappa shape index (κ1) is 18.0. The lowest BCUT2D eigenvalue weighted by Crippen LogP contribution is -2.78. The second-order valence-corrected chi connectivity index (χ2v) is 6.47. The van der Waals surface area contributed by atoms with E-state index in [-0.39, 0.29) is 13.0 Å². The van der Waals surface area contributed by atoms with E-state index in [1.165, 1.54) is 6.33 Å². The van der Waals surface area contributed by atoms with Crippen molar-refractivity contribution in [3.05, 3.63) is 18.6 Å². The molecular formula is C17H20F2N6O. The van der Waals surface area contributed by atoms with E-state index >= 15 is 0 Å². The Bertz CT molecular complexity index is 845. The molecule has 0 aromatic carbocycles. The number of carbonyl (C=O) groups excluding carboxylic acids is 1. The number of aromatic amines is 1. The molecular weight excluding hydrogens is 342 g/mol. The molecule has 9 heteroatoms. The summed E-state index contributed by atoms with van der Waals surface area (Å²) in [7, 11) is 0. The van der Waals surface area contributed by atoms with Gasteiger partial charge in [-0.25, -0.2) is 18.7 Å². The third kappa shape index (κ3) is 2.85. The fourth-order valence-electron chi connectivity index (χ4n) is 3.44. The average Bonchev–Trinajstić information content (AvgIpc) is 3.09. The minimum absolute atomic E-state index is 0.144. The van der Waals surface area contributed by atoms with Gasteiger partial charge in [0.2, 0.25) is 5.91 Å². The van der Waals surface area contributed by atoms with Gasteiger partial charge in [-0.2, -0.15) is 5.26 Å². The molecule has 7 nitrogen and oxygen atoms in total. The summed E-state index contributed by atoms with van der Waals surface area (Å²) in [6.45, 7) is 1.11. The molecule has 1 fully saturated rings. The molecule has 1 aliphatic rings. The Labute approximate surface area is 149 Å². The first-order valence-electron chi connectivity index (χ1n) is 8.52. The topological polar surface area (TPSA) is 97.7 Å². The highest BCUT2D eigenvalue weighted by Crippen LogP contribution is 2.48. The number of fused-ring (bicyclic) bond motifs is 1. The number of likely N-dealkylation sites (tertiary alicyclic amines) is 1. The van der Waals surface area contributed by atoms with Crippen LogP contribution >= 0.6 is 0 Å². The number of hydrogen-bond acceptors (Lipinski definition) is 5. The van der Waals surface area contributed by atoms with E-state index in [2.05, 4.69) is 20.3 Å². The van der Waals surface area contributed by atoms with E-state index in [9.17, 15) is 13.6 Å². The molecule has 0 saturated carbocycles. The lowest BCUT2D eigenvalue weighted by atomic mass is 9.75. The van der Waals surface area contributed by atoms with Crippen molar-refractivity contribution in [1.82, 2.24) is 19.9 Å². The van der Waals surface area contributed by atoms with E-state index < -0.39 is 30.3 Å². The number of nitriles is 1. The van der Waals surface area contributed by atoms with Crippen LogP contribution in [0.25, 0.3) is 11.0 Å². The molecule has 0 spiro atoms. The Balaban J connectivity index is 1.88. The lowest BCUT2D eigenvalue weighted by Gasteiger charge is -2.58. The molecule has 1 amide bonds. The highest BCUT2D eigenvalue weighted by Gasteiger charge is 2.67. The van der Waals surface area contributed by atoms with Crippen molar-refractivity contribution in [3.8, 4) is 6.07 Å². The fraction of sp³-hybridized carbons (Fsp3) is 0.529. The number of aromatic nitrogens is 3. The van der Waals surface area contributed by atoms with Crippen molar-refractivity contribution >= 4 is 22.8 Å². The number of anilines is 1. The number of H-pyrrole nitrogens is 1. The molecule has 0 bridgehead atoms. The number of hydrogen-bond donors (Lipinski definition) is 2. The summed E-state index contributed by atoms with van der Waals surface area (Å²) < 4.78 is 29.3. The first-order chi connectivity index (χ1) is 12.4. The molecule has 26 heavy (non-hydrogen) atoms. The van der Waals surface area contributed by atoms with Crippen LogP contribution in [-0.2, 0) is 4.79 Å². The molecule has 1 saturated heterocycles. The quantitative estimate of drug-likeness (QED) is 0.789. The van der Waals surface area contributed by atoms with Gasteiger partial charge in [-0.15, -0.1) is 0 Å². The van der Waals surface area contributed by atoms with Crippen LogP contribution in [0.3, 0.4) is 0 Å². The number of rotatable bonds is 7. The summed E-state index contributed by atoms with van der Waals surface area (Å²) in [5.41, 5.74) is -1.05. The molecule has 1 unspecified atom stereocenters. The van der Waals surface area contributed by atoms with Crippen molar-refractivity contribution < 1.29 is 13.6 Å². The SMILES string of the molecule is CCCCC1(CNc2ncnc3[nH]ccc23)N(C(=O)CC#N)CC1(F)F. The standard InChI is InChI=1S/C17H20F2N6O/c1-2-3-6-16(17(18,19)10-25(16)13(26)4-7-20)9-22-15-12-5-8-21-14(12)23-11-24-15/h5,8,11H,2-4,6,9-10H2,1H3,(H2,21,22,23,24). The van der Waals surface area contributed by atoms with E-state index in [4.69, 9.17) is 5.26 Å². The van der Waals surface area contributed by atoms with E-state index in [0.717, 1.165) is 11.3 Å². The minimum Gasteiger partial charge on any atom is -0.367 e. The molecule has 2 aromatic heterocycles. The van der Waals surface area contributed by atoms with Gasteiger partial charge in [0, 0.05) is 12.7 Å². The summed E-state index contributed by atoms with van der Waals surface area (Å²) in [4.78, 5) is 24.5. The summed E-state index contributed by atoms with van der Waals surface area (Å²) >= 11 is 0. The zero-order valence-electron chi connectivity index (χ0n) is 14.4. The van der Waals surface area contributed by atoms with Gasteiger partial charge in [-0.1, -0.05) is 19.8 Å². The van der Waals surface area contributed by atoms with Gasteiger partial charge < -0.3 is 15.2 Å². The Morgan fingerprint density at radius 3 is 3.00 bits per heavy atom. The Morgan fingerprint density at radius 1 is 1.50 bits per heavy atom. The lowest BCUT2D eigenvalue weighted by molar-refractivity contribution is -0.239. The molecule has 2 aromatic rings. The molecule has 1 atom stereocenters. The molecule has 1 aliphatic heterocycles. The number of amides is 1. The van der Waals surface area contributed by atoms with Gasteiger partial charge in [0.05, 0.1) is 18.0 Å². The highest BCUT2D eigenvalue weighted by atomic mass is 19.3. The van der Waals surface area contributed by atoms with Crippen LogP contribution < -0.4 is 5.32 Å². The van der Waals surface area contributed by atoms with Crippen molar-refractivity contribution in [2.45, 2.75) is 44.1 Å². The van der Waals surface area contributed by atoms with Crippen LogP contribution in [0.1, 0.15) is 32.6 Å². The monoisotopic (exact) mass is 362 g/mol. The van der Waals surface area contributed by atoms with Crippen LogP contribution in [0.2, 0.25) is 0 Å². The number of carbonyl (C=O) groups is 1. The van der Waals surface area contributed by atoms with Gasteiger partial charge in [0.15, 0.2) is 0 Å². The third-order valence-corrected chi connectivity index (χ3v) is 4.93. The van der Waals surface area contributed by atoms with Gasteiger partial charge in [0.25, 0.3) is 5.92 Å². The second-order valence-electron chi connectivity index (χ2n) is 6.47. The first-order valence-corrected chi connectivity index (χ1v) is 8.52. The van der Waals surface area contributed by atoms with Gasteiger partial charge in [0.1, 0.15) is 29.8 Å². The van der Waals surface area contributed by atoms with Crippen LogP contribution in [0.5, 0.6) is 0 Å². The number of alkyl halides is 2. The van der Waals surface area contributed by atoms with Gasteiger partial charge >= 0.3 is 0 Å². The maximum absolute atomic E-state index is 14.6. The number of unbranched alkanes of at least 4 members (excludes halogenated alkanes) is 1. The molecule has 0 aliphatic carbocycles. The van der Waals surface area contributed by atoms with Crippen molar-refractivity contribution in [2.24, 2.45) is 0 Å². The normalized spacial score (nSPS) is 21.2. The Morgan fingerprint density at radius 2 is 2.31 bits per heavy atom. The zero-order valence-corrected chi connectivity index (χ0v) is 14.4. The van der Waals surface area contributed by atoms with Crippen LogP contribution in [0.15, 0.2) is 18.6 Å². The molecule has 3 rings (SSSR count). The molecule has 0 radical (unpaired) electrons.